The van der Waals surface area contributed by atoms with Gasteiger partial charge in [-0.1, -0.05) is 97.1 Å². The van der Waals surface area contributed by atoms with Crippen LogP contribution in [-0.4, -0.2) is 59.7 Å². The number of nitrogens with one attached hydrogen (secondary N) is 1. The van der Waals surface area contributed by atoms with Gasteiger partial charge in [0.25, 0.3) is 0 Å². The monoisotopic (exact) mass is 517 g/mol. The van der Waals surface area contributed by atoms with Gasteiger partial charge in [-0.15, -0.1) is 0 Å². The van der Waals surface area contributed by atoms with E-state index in [2.05, 4.69) is 41.7 Å². The van der Waals surface area contributed by atoms with E-state index in [-0.39, 0.29) is 12.7 Å². The molecule has 0 amide bonds. The van der Waals surface area contributed by atoms with Crippen molar-refractivity contribution in [3.8, 4) is 5.75 Å². The van der Waals surface area contributed by atoms with E-state index in [0.29, 0.717) is 19.7 Å². The van der Waals surface area contributed by atoms with E-state index in [0.717, 1.165) is 27.6 Å². The lowest BCUT2D eigenvalue weighted by Gasteiger charge is -2.20. The number of carbonyl (C=O) groups is 2. The van der Waals surface area contributed by atoms with Gasteiger partial charge in [-0.3, -0.25) is 0 Å². The zero-order chi connectivity index (χ0) is 27.2. The number of ether oxygens (including phenoxy) is 2. The zero-order valence-corrected chi connectivity index (χ0v) is 20.8. The lowest BCUT2D eigenvalue weighted by molar-refractivity contribution is -0.159. The maximum Gasteiger partial charge on any atom is 0.414 e. The molecule has 0 aliphatic carbocycles. The Bertz CT molecular complexity index is 1220. The summed E-state index contributed by atoms with van der Waals surface area (Å²) in [4.78, 5) is 18.2. The molecule has 198 valence electrons. The molecule has 0 aliphatic heterocycles. The van der Waals surface area contributed by atoms with Crippen molar-refractivity contribution in [1.29, 1.82) is 0 Å². The minimum Gasteiger partial charge on any atom is -0.490 e. The minimum absolute atomic E-state index is 0.112. The largest absolute Gasteiger partial charge is 0.490 e. The van der Waals surface area contributed by atoms with Gasteiger partial charge in [0.05, 0.1) is 6.61 Å². The molecule has 1 unspecified atom stereocenters. The topological polar surface area (TPSA) is 125 Å². The average molecular weight is 518 g/mol. The van der Waals surface area contributed by atoms with Crippen molar-refractivity contribution < 1.29 is 34.4 Å². The van der Waals surface area contributed by atoms with Crippen LogP contribution in [-0.2, 0) is 14.3 Å². The van der Waals surface area contributed by atoms with E-state index in [1.54, 1.807) is 0 Å². The summed E-state index contributed by atoms with van der Waals surface area (Å²) >= 11 is 0. The molecule has 4 rings (SSSR count). The standard InChI is InChI=1S/C28H29NO3.C2H2O4/c30-25(21-32-27-17-9-15-22-10-7-8-16-26(22)27)20-29-18-19-31-28(23-11-3-1-4-12-23)24-13-5-2-6-14-24;3-1(4)2(5)6/h1-17,25,28-30H,18-21H2;(H,3,4)(H,5,6). The van der Waals surface area contributed by atoms with Gasteiger partial charge in [0.1, 0.15) is 24.6 Å². The summed E-state index contributed by atoms with van der Waals surface area (Å²) in [5.41, 5.74) is 2.25. The highest BCUT2D eigenvalue weighted by atomic mass is 16.5. The third kappa shape index (κ3) is 9.01. The van der Waals surface area contributed by atoms with E-state index >= 15 is 0 Å². The van der Waals surface area contributed by atoms with Crippen LogP contribution in [0.2, 0.25) is 0 Å². The summed E-state index contributed by atoms with van der Waals surface area (Å²) in [6.45, 7) is 1.85. The summed E-state index contributed by atoms with van der Waals surface area (Å²) in [6, 6.07) is 34.5. The molecular formula is C30H31NO7. The van der Waals surface area contributed by atoms with Crippen LogP contribution >= 0.6 is 0 Å². The predicted octanol–water partition coefficient (Wildman–Crippen LogP) is 4.13. The fourth-order valence-corrected chi connectivity index (χ4v) is 3.72. The molecule has 0 saturated carbocycles. The highest BCUT2D eigenvalue weighted by Crippen LogP contribution is 2.26. The first-order chi connectivity index (χ1) is 18.5. The summed E-state index contributed by atoms with van der Waals surface area (Å²) < 4.78 is 12.1. The fraction of sp³-hybridized carbons (Fsp3) is 0.200. The van der Waals surface area contributed by atoms with Crippen molar-refractivity contribution in [1.82, 2.24) is 5.32 Å². The van der Waals surface area contributed by atoms with Gasteiger partial charge < -0.3 is 30.1 Å². The first-order valence-electron chi connectivity index (χ1n) is 12.1. The Balaban J connectivity index is 0.000000599. The SMILES string of the molecule is O=C(O)C(=O)O.OC(CNCCOC(c1ccccc1)c1ccccc1)COc1cccc2ccccc12. The van der Waals surface area contributed by atoms with Crippen LogP contribution in [0.3, 0.4) is 0 Å². The molecule has 38 heavy (non-hydrogen) atoms. The molecule has 4 aromatic rings. The molecule has 8 nitrogen and oxygen atoms in total. The predicted molar refractivity (Wildman–Crippen MR) is 144 cm³/mol. The molecule has 0 saturated heterocycles. The summed E-state index contributed by atoms with van der Waals surface area (Å²) in [5, 5.41) is 30.5. The summed E-state index contributed by atoms with van der Waals surface area (Å²) in [5.74, 6) is -2.86. The van der Waals surface area contributed by atoms with E-state index in [4.69, 9.17) is 29.3 Å². The Labute approximate surface area is 221 Å². The Morgan fingerprint density at radius 1 is 0.737 bits per heavy atom. The first-order valence-corrected chi connectivity index (χ1v) is 12.1. The van der Waals surface area contributed by atoms with Crippen LogP contribution in [0, 0.1) is 0 Å². The van der Waals surface area contributed by atoms with Crippen LogP contribution in [0.4, 0.5) is 0 Å². The molecule has 8 heteroatoms. The van der Waals surface area contributed by atoms with Gasteiger partial charge in [-0.2, -0.15) is 0 Å². The molecule has 4 aromatic carbocycles. The molecule has 1 atom stereocenters. The smallest absolute Gasteiger partial charge is 0.414 e. The average Bonchev–Trinajstić information content (AvgIpc) is 2.95. The van der Waals surface area contributed by atoms with Crippen molar-refractivity contribution in [2.45, 2.75) is 12.2 Å². The number of aliphatic hydroxyl groups is 1. The van der Waals surface area contributed by atoms with Crippen molar-refractivity contribution in [2.24, 2.45) is 0 Å². The first kappa shape index (κ1) is 28.3. The molecule has 4 N–H and O–H groups in total. The Hall–Kier alpha value is -4.24. The second kappa shape index (κ2) is 15.1. The highest BCUT2D eigenvalue weighted by Gasteiger charge is 2.14. The molecule has 0 aromatic heterocycles. The number of aliphatic hydroxyl groups excluding tert-OH is 1. The molecule has 0 heterocycles. The van der Waals surface area contributed by atoms with Crippen molar-refractivity contribution in [3.05, 3.63) is 114 Å². The van der Waals surface area contributed by atoms with Gasteiger partial charge in [0.2, 0.25) is 0 Å². The van der Waals surface area contributed by atoms with Crippen LogP contribution in [0.5, 0.6) is 5.75 Å². The van der Waals surface area contributed by atoms with Gasteiger partial charge in [0.15, 0.2) is 0 Å². The third-order valence-corrected chi connectivity index (χ3v) is 5.51. The highest BCUT2D eigenvalue weighted by molar-refractivity contribution is 6.27. The number of rotatable bonds is 11. The van der Waals surface area contributed by atoms with Crippen LogP contribution in [0.15, 0.2) is 103 Å². The second-order valence-corrected chi connectivity index (χ2v) is 8.33. The van der Waals surface area contributed by atoms with Crippen LogP contribution in [0.1, 0.15) is 17.2 Å². The van der Waals surface area contributed by atoms with Crippen LogP contribution < -0.4 is 10.1 Å². The minimum atomic E-state index is -1.82. The van der Waals surface area contributed by atoms with E-state index in [1.807, 2.05) is 66.7 Å². The Morgan fingerprint density at radius 2 is 1.29 bits per heavy atom. The normalized spacial score (nSPS) is 11.4. The van der Waals surface area contributed by atoms with E-state index in [1.165, 1.54) is 0 Å². The number of hydrogen-bond acceptors (Lipinski definition) is 6. The molecule has 0 fully saturated rings. The quantitative estimate of drug-likeness (QED) is 0.173. The molecule has 0 bridgehead atoms. The zero-order valence-electron chi connectivity index (χ0n) is 20.8. The number of fused-ring (bicyclic) bond motifs is 1. The number of aliphatic carboxylic acids is 2. The molecule has 0 spiro atoms. The van der Waals surface area contributed by atoms with Crippen molar-refractivity contribution in [3.63, 3.8) is 0 Å². The number of hydrogen-bond donors (Lipinski definition) is 4. The second-order valence-electron chi connectivity index (χ2n) is 8.33. The van der Waals surface area contributed by atoms with E-state index < -0.39 is 18.0 Å². The fourth-order valence-electron chi connectivity index (χ4n) is 3.72. The third-order valence-electron chi connectivity index (χ3n) is 5.51. The Morgan fingerprint density at radius 3 is 1.89 bits per heavy atom. The number of carboxylic acids is 2. The van der Waals surface area contributed by atoms with Gasteiger partial charge in [-0.25, -0.2) is 9.59 Å². The van der Waals surface area contributed by atoms with Gasteiger partial charge >= 0.3 is 11.9 Å². The maximum absolute atomic E-state index is 10.3. The van der Waals surface area contributed by atoms with Gasteiger partial charge in [0, 0.05) is 18.5 Å². The van der Waals surface area contributed by atoms with Crippen LogP contribution in [0.25, 0.3) is 10.8 Å². The number of carboxylic acid groups (broad SMARTS) is 2. The lowest BCUT2D eigenvalue weighted by Crippen LogP contribution is -2.33. The molecule has 0 radical (unpaired) electrons. The number of benzene rings is 4. The van der Waals surface area contributed by atoms with E-state index in [9.17, 15) is 5.11 Å². The summed E-state index contributed by atoms with van der Waals surface area (Å²) in [7, 11) is 0. The molecular weight excluding hydrogens is 486 g/mol. The van der Waals surface area contributed by atoms with Gasteiger partial charge in [-0.05, 0) is 22.6 Å². The molecule has 0 aliphatic rings. The van der Waals surface area contributed by atoms with Crippen molar-refractivity contribution in [2.75, 3.05) is 26.3 Å². The lowest BCUT2D eigenvalue weighted by atomic mass is 10.0. The van der Waals surface area contributed by atoms with Crippen molar-refractivity contribution >= 4 is 22.7 Å². The summed E-state index contributed by atoms with van der Waals surface area (Å²) in [6.07, 6.45) is -0.716. The maximum atomic E-state index is 10.3. The Kier molecular flexibility index (Phi) is 11.3.